The van der Waals surface area contributed by atoms with Crippen molar-refractivity contribution in [3.63, 3.8) is 0 Å². The van der Waals surface area contributed by atoms with Gasteiger partial charge in [-0.1, -0.05) is 30.3 Å². The van der Waals surface area contributed by atoms with Gasteiger partial charge in [0.15, 0.2) is 0 Å². The van der Waals surface area contributed by atoms with E-state index in [9.17, 15) is 22.4 Å². The molecule has 0 bridgehead atoms. The Morgan fingerprint density at radius 3 is 2.39 bits per heavy atom. The summed E-state index contributed by atoms with van der Waals surface area (Å²) in [5, 5.41) is 2.52. The number of benzene rings is 2. The lowest BCUT2D eigenvalue weighted by molar-refractivity contribution is -0.147. The second-order valence-corrected chi connectivity index (χ2v) is 8.98. The van der Waals surface area contributed by atoms with Crippen molar-refractivity contribution in [3.8, 4) is 0 Å². The molecule has 1 unspecified atom stereocenters. The number of nitrogens with one attached hydrogen (secondary N) is 2. The molecule has 7 nitrogen and oxygen atoms in total. The maximum atomic E-state index is 14.3. The van der Waals surface area contributed by atoms with Crippen LogP contribution >= 0.6 is 0 Å². The van der Waals surface area contributed by atoms with Crippen molar-refractivity contribution in [2.24, 2.45) is 5.92 Å². The Hall–Kier alpha value is -2.78. The molecule has 2 aromatic carbocycles. The zero-order valence-electron chi connectivity index (χ0n) is 17.7. The van der Waals surface area contributed by atoms with E-state index in [1.807, 2.05) is 30.3 Å². The molecule has 0 aliphatic heterocycles. The molecule has 0 spiro atoms. The van der Waals surface area contributed by atoms with Gasteiger partial charge >= 0.3 is 5.97 Å². The highest BCUT2D eigenvalue weighted by Crippen LogP contribution is 2.16. The van der Waals surface area contributed by atoms with Crippen LogP contribution in [-0.4, -0.2) is 39.5 Å². The molecule has 0 aliphatic carbocycles. The first kappa shape index (κ1) is 24.5. The fraction of sp³-hybridized carbons (Fsp3) is 0.364. The Morgan fingerprint density at radius 1 is 1.10 bits per heavy atom. The van der Waals surface area contributed by atoms with Crippen LogP contribution in [0.2, 0.25) is 0 Å². The zero-order chi connectivity index (χ0) is 23.0. The number of sulfonamides is 1. The number of amides is 1. The largest absolute Gasteiger partial charge is 0.466 e. The summed E-state index contributed by atoms with van der Waals surface area (Å²) < 4.78 is 46.4. The van der Waals surface area contributed by atoms with Crippen LogP contribution in [0.25, 0.3) is 0 Å². The Kier molecular flexibility index (Phi) is 8.70. The van der Waals surface area contributed by atoms with Crippen LogP contribution < -0.4 is 10.0 Å². The van der Waals surface area contributed by atoms with E-state index in [4.69, 9.17) is 4.74 Å². The highest BCUT2D eigenvalue weighted by Gasteiger charge is 2.24. The third kappa shape index (κ3) is 7.15. The van der Waals surface area contributed by atoms with E-state index >= 15 is 0 Å². The molecule has 0 heterocycles. The summed E-state index contributed by atoms with van der Waals surface area (Å²) in [5.41, 5.74) is 0.461. The molecule has 2 N–H and O–H groups in total. The number of ether oxygens (including phenoxy) is 1. The van der Waals surface area contributed by atoms with Crippen molar-refractivity contribution in [3.05, 3.63) is 65.5 Å². The van der Waals surface area contributed by atoms with Gasteiger partial charge in [0.2, 0.25) is 10.0 Å². The van der Waals surface area contributed by atoms with Crippen molar-refractivity contribution >= 4 is 21.9 Å². The first-order valence-electron chi connectivity index (χ1n) is 9.94. The van der Waals surface area contributed by atoms with Crippen molar-refractivity contribution in [2.45, 2.75) is 38.1 Å². The monoisotopic (exact) mass is 450 g/mol. The summed E-state index contributed by atoms with van der Waals surface area (Å²) in [7, 11) is -3.90. The second-order valence-electron chi connectivity index (χ2n) is 7.27. The standard InChI is InChI=1S/C22H27FN2O5S/c1-4-30-22(27)17(12-16-8-6-5-7-9-16)14-24-21(26)19-13-18(10-11-20(19)23)31(28,29)25-15(2)3/h5-11,13,15,17,25H,4,12,14H2,1-3H3,(H,24,26). The average molecular weight is 451 g/mol. The van der Waals surface area contributed by atoms with E-state index in [0.29, 0.717) is 6.42 Å². The van der Waals surface area contributed by atoms with E-state index < -0.39 is 39.2 Å². The average Bonchev–Trinajstić information content (AvgIpc) is 2.71. The molecule has 2 aromatic rings. The summed E-state index contributed by atoms with van der Waals surface area (Å²) in [4.78, 5) is 24.7. The zero-order valence-corrected chi connectivity index (χ0v) is 18.5. The summed E-state index contributed by atoms with van der Waals surface area (Å²) in [6.07, 6.45) is 0.329. The van der Waals surface area contributed by atoms with Gasteiger partial charge in [0.1, 0.15) is 5.82 Å². The lowest BCUT2D eigenvalue weighted by Gasteiger charge is -2.17. The quantitative estimate of drug-likeness (QED) is 0.542. The first-order chi connectivity index (χ1) is 14.6. The molecule has 0 fully saturated rings. The summed E-state index contributed by atoms with van der Waals surface area (Å²) in [6.45, 7) is 5.08. The van der Waals surface area contributed by atoms with Crippen LogP contribution in [0.1, 0.15) is 36.7 Å². The minimum absolute atomic E-state index is 0.0901. The van der Waals surface area contributed by atoms with Gasteiger partial charge in [-0.3, -0.25) is 9.59 Å². The van der Waals surface area contributed by atoms with Gasteiger partial charge in [-0.2, -0.15) is 0 Å². The van der Waals surface area contributed by atoms with Crippen LogP contribution in [0.5, 0.6) is 0 Å². The van der Waals surface area contributed by atoms with Gasteiger partial charge in [0, 0.05) is 12.6 Å². The van der Waals surface area contributed by atoms with Gasteiger partial charge in [0.25, 0.3) is 5.91 Å². The minimum Gasteiger partial charge on any atom is -0.466 e. The smallest absolute Gasteiger partial charge is 0.311 e. The van der Waals surface area contributed by atoms with Crippen LogP contribution in [0.4, 0.5) is 4.39 Å². The molecule has 31 heavy (non-hydrogen) atoms. The molecule has 1 amide bonds. The number of carbonyl (C=O) groups excluding carboxylic acids is 2. The van der Waals surface area contributed by atoms with Crippen molar-refractivity contribution in [1.29, 1.82) is 0 Å². The summed E-state index contributed by atoms with van der Waals surface area (Å²) in [6, 6.07) is 11.9. The molecule has 9 heteroatoms. The molecule has 0 radical (unpaired) electrons. The third-order valence-electron chi connectivity index (χ3n) is 4.34. The van der Waals surface area contributed by atoms with Crippen molar-refractivity contribution in [1.82, 2.24) is 10.0 Å². The highest BCUT2D eigenvalue weighted by atomic mass is 32.2. The fourth-order valence-corrected chi connectivity index (χ4v) is 4.21. The van der Waals surface area contributed by atoms with Gasteiger partial charge in [0.05, 0.1) is 23.0 Å². The van der Waals surface area contributed by atoms with Gasteiger partial charge in [-0.25, -0.2) is 17.5 Å². The molecular weight excluding hydrogens is 423 g/mol. The Morgan fingerprint density at radius 2 is 1.77 bits per heavy atom. The molecule has 0 saturated heterocycles. The van der Waals surface area contributed by atoms with Crippen LogP contribution in [0.15, 0.2) is 53.4 Å². The van der Waals surface area contributed by atoms with Crippen LogP contribution in [0.3, 0.4) is 0 Å². The molecule has 168 valence electrons. The number of rotatable bonds is 10. The second kappa shape index (κ2) is 11.0. The van der Waals surface area contributed by atoms with Crippen molar-refractivity contribution in [2.75, 3.05) is 13.2 Å². The first-order valence-corrected chi connectivity index (χ1v) is 11.4. The van der Waals surface area contributed by atoms with Gasteiger partial charge in [-0.05, 0) is 51.0 Å². The molecule has 1 atom stereocenters. The van der Waals surface area contributed by atoms with Crippen LogP contribution in [0, 0.1) is 11.7 Å². The Bertz CT molecular complexity index is 1010. The van der Waals surface area contributed by atoms with E-state index in [1.54, 1.807) is 20.8 Å². The normalized spacial score (nSPS) is 12.4. The highest BCUT2D eigenvalue weighted by molar-refractivity contribution is 7.89. The van der Waals surface area contributed by atoms with Gasteiger partial charge in [-0.15, -0.1) is 0 Å². The molecule has 0 aromatic heterocycles. The maximum absolute atomic E-state index is 14.3. The van der Waals surface area contributed by atoms with E-state index in [2.05, 4.69) is 10.0 Å². The molecule has 2 rings (SSSR count). The topological polar surface area (TPSA) is 102 Å². The SMILES string of the molecule is CCOC(=O)C(CNC(=O)c1cc(S(=O)(=O)NC(C)C)ccc1F)Cc1ccccc1. The Labute approximate surface area is 182 Å². The van der Waals surface area contributed by atoms with Crippen LogP contribution in [-0.2, 0) is 26.0 Å². The number of esters is 1. The summed E-state index contributed by atoms with van der Waals surface area (Å²) >= 11 is 0. The summed E-state index contributed by atoms with van der Waals surface area (Å²) in [5.74, 6) is -2.84. The number of hydrogen-bond acceptors (Lipinski definition) is 5. The predicted octanol–water partition coefficient (Wildman–Crippen LogP) is 2.66. The number of carbonyl (C=O) groups is 2. The maximum Gasteiger partial charge on any atom is 0.311 e. The minimum atomic E-state index is -3.90. The lowest BCUT2D eigenvalue weighted by Crippen LogP contribution is -2.35. The fourth-order valence-electron chi connectivity index (χ4n) is 2.93. The third-order valence-corrected chi connectivity index (χ3v) is 5.99. The Balaban J connectivity index is 2.18. The van der Waals surface area contributed by atoms with Crippen molar-refractivity contribution < 1.29 is 27.1 Å². The lowest BCUT2D eigenvalue weighted by atomic mass is 9.99. The number of hydrogen-bond donors (Lipinski definition) is 2. The molecular formula is C22H27FN2O5S. The molecule has 0 aliphatic rings. The van der Waals surface area contributed by atoms with E-state index in [-0.39, 0.29) is 24.1 Å². The number of halogens is 1. The van der Waals surface area contributed by atoms with E-state index in [0.717, 1.165) is 23.8 Å². The predicted molar refractivity (Wildman–Crippen MR) is 114 cm³/mol. The molecule has 0 saturated carbocycles. The van der Waals surface area contributed by atoms with Gasteiger partial charge < -0.3 is 10.1 Å². The van der Waals surface area contributed by atoms with E-state index in [1.165, 1.54) is 0 Å².